The molecule has 0 spiro atoms. The fourth-order valence-corrected chi connectivity index (χ4v) is 2.62. The fourth-order valence-electron chi connectivity index (χ4n) is 2.62. The summed E-state index contributed by atoms with van der Waals surface area (Å²) >= 11 is 0. The monoisotopic (exact) mass is 447 g/mol. The highest BCUT2D eigenvalue weighted by Gasteiger charge is 2.22. The maximum Gasteiger partial charge on any atom is 0.339 e. The van der Waals surface area contributed by atoms with Gasteiger partial charge in [-0.2, -0.15) is 0 Å². The van der Waals surface area contributed by atoms with Crippen molar-refractivity contribution < 1.29 is 38.3 Å². The second-order valence-corrected chi connectivity index (χ2v) is 6.13. The summed E-state index contributed by atoms with van der Waals surface area (Å²) in [5.74, 6) is -3.37. The van der Waals surface area contributed by atoms with Crippen molar-refractivity contribution in [1.82, 2.24) is 4.57 Å². The SMILES string of the molecule is COC(=O)c1cc(NC(=O)Cn2cc(C(=O)OC)cc([N+](=O)[O-])c2=O)cc(C(=O)OC)c1. The molecular weight excluding hydrogens is 430 g/mol. The van der Waals surface area contributed by atoms with Gasteiger partial charge in [-0.05, 0) is 18.2 Å². The van der Waals surface area contributed by atoms with E-state index in [0.717, 1.165) is 33.6 Å². The van der Waals surface area contributed by atoms with Crippen LogP contribution in [-0.2, 0) is 25.5 Å². The van der Waals surface area contributed by atoms with Crippen LogP contribution in [0.1, 0.15) is 31.1 Å². The Morgan fingerprint density at radius 2 is 1.41 bits per heavy atom. The highest BCUT2D eigenvalue weighted by molar-refractivity contribution is 5.99. The minimum Gasteiger partial charge on any atom is -0.465 e. The van der Waals surface area contributed by atoms with E-state index in [1.807, 2.05) is 0 Å². The topological polar surface area (TPSA) is 173 Å². The van der Waals surface area contributed by atoms with Crippen LogP contribution in [0.2, 0.25) is 0 Å². The largest absolute Gasteiger partial charge is 0.465 e. The number of hydrogen-bond donors (Lipinski definition) is 1. The van der Waals surface area contributed by atoms with Gasteiger partial charge in [-0.1, -0.05) is 0 Å². The second-order valence-electron chi connectivity index (χ2n) is 6.13. The Bertz CT molecular complexity index is 1130. The van der Waals surface area contributed by atoms with Crippen LogP contribution in [0.5, 0.6) is 0 Å². The molecule has 1 heterocycles. The van der Waals surface area contributed by atoms with Crippen molar-refractivity contribution in [3.8, 4) is 0 Å². The zero-order chi connectivity index (χ0) is 24.0. The second kappa shape index (κ2) is 9.97. The molecular formula is C19H17N3O10. The van der Waals surface area contributed by atoms with Crippen LogP contribution < -0.4 is 10.9 Å². The highest BCUT2D eigenvalue weighted by atomic mass is 16.6. The molecule has 0 bridgehead atoms. The van der Waals surface area contributed by atoms with E-state index in [1.165, 1.54) is 18.2 Å². The molecule has 13 heteroatoms. The van der Waals surface area contributed by atoms with Gasteiger partial charge >= 0.3 is 29.2 Å². The summed E-state index contributed by atoms with van der Waals surface area (Å²) < 4.78 is 14.4. The molecule has 0 aliphatic carbocycles. The molecule has 1 aromatic heterocycles. The first-order valence-electron chi connectivity index (χ1n) is 8.70. The molecule has 0 saturated heterocycles. The Morgan fingerprint density at radius 3 is 1.88 bits per heavy atom. The molecule has 0 aliphatic heterocycles. The molecule has 0 atom stereocenters. The molecule has 13 nitrogen and oxygen atoms in total. The van der Waals surface area contributed by atoms with Gasteiger partial charge in [0, 0.05) is 18.0 Å². The lowest BCUT2D eigenvalue weighted by atomic mass is 10.1. The fraction of sp³-hybridized carbons (Fsp3) is 0.211. The number of benzene rings is 1. The molecule has 0 radical (unpaired) electrons. The zero-order valence-electron chi connectivity index (χ0n) is 17.1. The van der Waals surface area contributed by atoms with Gasteiger partial charge in [-0.25, -0.2) is 14.4 Å². The Kier molecular flexibility index (Phi) is 7.39. The number of nitrogens with one attached hydrogen (secondary N) is 1. The first-order chi connectivity index (χ1) is 15.1. The number of nitrogens with zero attached hydrogens (tertiary/aromatic N) is 2. The lowest BCUT2D eigenvalue weighted by Gasteiger charge is -2.11. The molecule has 1 aromatic carbocycles. The number of esters is 3. The third-order valence-electron chi connectivity index (χ3n) is 4.06. The van der Waals surface area contributed by atoms with E-state index < -0.39 is 46.5 Å². The Labute approximate surface area is 179 Å². The molecule has 32 heavy (non-hydrogen) atoms. The number of rotatable bonds is 7. The Morgan fingerprint density at radius 1 is 0.906 bits per heavy atom. The van der Waals surface area contributed by atoms with Crippen LogP contribution in [0.4, 0.5) is 11.4 Å². The first-order valence-corrected chi connectivity index (χ1v) is 8.70. The number of pyridine rings is 1. The third-order valence-corrected chi connectivity index (χ3v) is 4.06. The van der Waals surface area contributed by atoms with Crippen molar-refractivity contribution in [2.45, 2.75) is 6.54 Å². The van der Waals surface area contributed by atoms with E-state index >= 15 is 0 Å². The van der Waals surface area contributed by atoms with Crippen molar-refractivity contribution >= 4 is 35.2 Å². The number of ether oxygens (including phenoxy) is 3. The van der Waals surface area contributed by atoms with Crippen LogP contribution >= 0.6 is 0 Å². The van der Waals surface area contributed by atoms with E-state index in [9.17, 15) is 34.1 Å². The quantitative estimate of drug-likeness (QED) is 0.276. The summed E-state index contributed by atoms with van der Waals surface area (Å²) in [6, 6.07) is 4.37. The van der Waals surface area contributed by atoms with Crippen LogP contribution in [-0.4, -0.2) is 54.6 Å². The van der Waals surface area contributed by atoms with E-state index in [4.69, 9.17) is 0 Å². The highest BCUT2D eigenvalue weighted by Crippen LogP contribution is 2.17. The summed E-state index contributed by atoms with van der Waals surface area (Å²) in [5.41, 5.74) is -2.51. The van der Waals surface area contributed by atoms with E-state index in [2.05, 4.69) is 19.5 Å². The number of methoxy groups -OCH3 is 3. The molecule has 1 N–H and O–H groups in total. The Balaban J connectivity index is 2.40. The van der Waals surface area contributed by atoms with Crippen molar-refractivity contribution in [3.05, 3.63) is 67.6 Å². The summed E-state index contributed by atoms with van der Waals surface area (Å²) in [4.78, 5) is 70.3. The van der Waals surface area contributed by atoms with Crippen molar-refractivity contribution in [2.75, 3.05) is 26.6 Å². The average molecular weight is 447 g/mol. The van der Waals surface area contributed by atoms with Gasteiger partial charge in [0.25, 0.3) is 0 Å². The van der Waals surface area contributed by atoms with Gasteiger partial charge in [-0.15, -0.1) is 0 Å². The summed E-state index contributed by atoms with van der Waals surface area (Å²) in [7, 11) is 3.29. The average Bonchev–Trinajstić information content (AvgIpc) is 2.77. The molecule has 0 aliphatic rings. The van der Waals surface area contributed by atoms with Gasteiger partial charge in [0.05, 0.1) is 42.9 Å². The number of nitro groups is 1. The van der Waals surface area contributed by atoms with Gasteiger partial charge in [0.2, 0.25) is 5.91 Å². The molecule has 0 fully saturated rings. The maximum absolute atomic E-state index is 12.5. The van der Waals surface area contributed by atoms with Crippen LogP contribution in [0, 0.1) is 10.1 Å². The predicted molar refractivity (Wildman–Crippen MR) is 106 cm³/mol. The van der Waals surface area contributed by atoms with Crippen LogP contribution in [0.25, 0.3) is 0 Å². The normalized spacial score (nSPS) is 10.1. The number of amides is 1. The molecule has 0 unspecified atom stereocenters. The van der Waals surface area contributed by atoms with Crippen molar-refractivity contribution in [3.63, 3.8) is 0 Å². The number of carbonyl (C=O) groups is 4. The molecule has 2 aromatic rings. The number of hydrogen-bond acceptors (Lipinski definition) is 10. The van der Waals surface area contributed by atoms with Crippen molar-refractivity contribution in [2.24, 2.45) is 0 Å². The number of carbonyl (C=O) groups excluding carboxylic acids is 4. The zero-order valence-corrected chi connectivity index (χ0v) is 17.1. The predicted octanol–water partition coefficient (Wildman–Crippen LogP) is 0.755. The number of aromatic nitrogens is 1. The van der Waals surface area contributed by atoms with Gasteiger partial charge in [0.15, 0.2) is 0 Å². The minimum absolute atomic E-state index is 0.00929. The van der Waals surface area contributed by atoms with Gasteiger partial charge in [-0.3, -0.25) is 24.3 Å². The molecule has 0 saturated carbocycles. The molecule has 168 valence electrons. The minimum atomic E-state index is -1.13. The summed E-state index contributed by atoms with van der Waals surface area (Å²) in [5, 5.41) is 13.5. The molecule has 2 rings (SSSR count). The van der Waals surface area contributed by atoms with Gasteiger partial charge < -0.3 is 19.5 Å². The summed E-state index contributed by atoms with van der Waals surface area (Å²) in [6.07, 6.45) is 0.936. The van der Waals surface area contributed by atoms with E-state index in [-0.39, 0.29) is 22.4 Å². The third kappa shape index (κ3) is 5.33. The number of anilines is 1. The lowest BCUT2D eigenvalue weighted by molar-refractivity contribution is -0.386. The summed E-state index contributed by atoms with van der Waals surface area (Å²) in [6.45, 7) is -0.722. The van der Waals surface area contributed by atoms with E-state index in [0.29, 0.717) is 4.57 Å². The smallest absolute Gasteiger partial charge is 0.339 e. The molecule has 1 amide bonds. The van der Waals surface area contributed by atoms with E-state index in [1.54, 1.807) is 0 Å². The van der Waals surface area contributed by atoms with Crippen LogP contribution in [0.15, 0.2) is 35.3 Å². The standard InChI is InChI=1S/C19H17N3O10/c1-30-17(25)10-4-11(18(26)31-2)6-13(5-10)20-15(23)9-21-8-12(19(27)32-3)7-14(16(21)24)22(28)29/h4-8H,9H2,1-3H3,(H,20,23). The van der Waals surface area contributed by atoms with Crippen LogP contribution in [0.3, 0.4) is 0 Å². The Hall–Kier alpha value is -4.55. The van der Waals surface area contributed by atoms with Gasteiger partial charge in [0.1, 0.15) is 6.54 Å². The van der Waals surface area contributed by atoms with Crippen molar-refractivity contribution in [1.29, 1.82) is 0 Å². The maximum atomic E-state index is 12.5. The lowest BCUT2D eigenvalue weighted by Crippen LogP contribution is -2.29. The first kappa shape index (κ1) is 23.7.